The fourth-order valence-electron chi connectivity index (χ4n) is 4.85. The number of hydrazine groups is 1. The number of aliphatic imine (C=N–C) groups is 1. The van der Waals surface area contributed by atoms with Crippen LogP contribution in [0, 0.1) is 13.8 Å². The molecule has 2 unspecified atom stereocenters. The standard InChI is InChI=1S/C35H33Cl3N6O5/c1-5-29(49-30-14-9-20(2)15-21(30)3)34(45)40-24-7-6-8-26(18-24)48-19-39-33-31(42-41-23-10-12-25(47-4)13-11-23)35(46)44(43-33)32-27(37)16-22(36)17-28(32)38/h6-18,29,31H,5,19H2,1-4H3,(H,39,43)(H,40,45). The Hall–Kier alpha value is -4.84. The lowest BCUT2D eigenvalue weighted by Crippen LogP contribution is -2.36. The Morgan fingerprint density at radius 3 is 2.39 bits per heavy atom. The van der Waals surface area contributed by atoms with Gasteiger partial charge in [0.2, 0.25) is 6.04 Å². The molecule has 0 saturated carbocycles. The van der Waals surface area contributed by atoms with Crippen molar-refractivity contribution in [2.45, 2.75) is 39.3 Å². The molecule has 2 atom stereocenters. The molecule has 5 rings (SSSR count). The number of amidine groups is 1. The van der Waals surface area contributed by atoms with Crippen molar-refractivity contribution in [3.05, 3.63) is 105 Å². The fourth-order valence-corrected chi connectivity index (χ4v) is 5.84. The summed E-state index contributed by atoms with van der Waals surface area (Å²) in [5.74, 6) is 1.05. The number of rotatable bonds is 12. The minimum atomic E-state index is -1.16. The van der Waals surface area contributed by atoms with Crippen LogP contribution in [0.4, 0.5) is 17.1 Å². The lowest BCUT2D eigenvalue weighted by molar-refractivity contribution is -0.123. The first-order chi connectivity index (χ1) is 23.6. The molecule has 1 fully saturated rings. The zero-order valence-electron chi connectivity index (χ0n) is 27.0. The van der Waals surface area contributed by atoms with Crippen molar-refractivity contribution in [3.63, 3.8) is 0 Å². The molecule has 4 aromatic rings. The van der Waals surface area contributed by atoms with Crippen LogP contribution in [0.3, 0.4) is 0 Å². The number of nitrogens with zero attached hydrogens (tertiary/aromatic N) is 4. The van der Waals surface area contributed by atoms with Crippen LogP contribution in [0.1, 0.15) is 24.5 Å². The van der Waals surface area contributed by atoms with Gasteiger partial charge in [-0.15, -0.1) is 0 Å². The van der Waals surface area contributed by atoms with Crippen molar-refractivity contribution in [1.82, 2.24) is 5.43 Å². The first kappa shape index (κ1) is 35.5. The monoisotopic (exact) mass is 722 g/mol. The topological polar surface area (TPSA) is 126 Å². The summed E-state index contributed by atoms with van der Waals surface area (Å²) in [4.78, 5) is 31.2. The molecule has 1 aliphatic heterocycles. The number of hydrogen-bond donors (Lipinski definition) is 2. The Morgan fingerprint density at radius 2 is 1.71 bits per heavy atom. The van der Waals surface area contributed by atoms with Gasteiger partial charge >= 0.3 is 0 Å². The molecule has 0 aromatic heterocycles. The van der Waals surface area contributed by atoms with Gasteiger partial charge < -0.3 is 19.5 Å². The average molecular weight is 724 g/mol. The van der Waals surface area contributed by atoms with Crippen molar-refractivity contribution in [2.24, 2.45) is 15.2 Å². The highest BCUT2D eigenvalue weighted by Gasteiger charge is 2.40. The van der Waals surface area contributed by atoms with Gasteiger partial charge in [0, 0.05) is 16.8 Å². The molecule has 49 heavy (non-hydrogen) atoms. The number of aryl methyl sites for hydroxylation is 2. The van der Waals surface area contributed by atoms with E-state index in [2.05, 4.69) is 26.0 Å². The summed E-state index contributed by atoms with van der Waals surface area (Å²) in [5, 5.41) is 13.1. The number of carbonyl (C=O) groups is 2. The number of benzene rings is 4. The highest BCUT2D eigenvalue weighted by Crippen LogP contribution is 2.37. The number of azo groups is 1. The lowest BCUT2D eigenvalue weighted by atomic mass is 10.1. The van der Waals surface area contributed by atoms with Crippen LogP contribution in [-0.4, -0.2) is 43.6 Å². The van der Waals surface area contributed by atoms with E-state index in [1.807, 2.05) is 39.0 Å². The van der Waals surface area contributed by atoms with E-state index in [1.165, 1.54) is 12.1 Å². The number of methoxy groups -OCH3 is 1. The Morgan fingerprint density at radius 1 is 0.980 bits per heavy atom. The fraction of sp³-hybridized carbons (Fsp3) is 0.229. The Balaban J connectivity index is 1.31. The molecule has 0 bridgehead atoms. The molecule has 11 nitrogen and oxygen atoms in total. The molecule has 14 heteroatoms. The van der Waals surface area contributed by atoms with Crippen molar-refractivity contribution in [1.29, 1.82) is 0 Å². The maximum absolute atomic E-state index is 13.6. The van der Waals surface area contributed by atoms with Crippen LogP contribution in [0.2, 0.25) is 15.1 Å². The number of amides is 2. The average Bonchev–Trinajstić information content (AvgIpc) is 3.37. The van der Waals surface area contributed by atoms with Gasteiger partial charge in [-0.3, -0.25) is 15.0 Å². The minimum Gasteiger partial charge on any atom is -0.497 e. The van der Waals surface area contributed by atoms with Crippen molar-refractivity contribution >= 4 is 69.5 Å². The number of ether oxygens (including phenoxy) is 3. The Kier molecular flexibility index (Phi) is 11.6. The van der Waals surface area contributed by atoms with Gasteiger partial charge in [0.1, 0.15) is 22.9 Å². The Bertz CT molecular complexity index is 1880. The van der Waals surface area contributed by atoms with Gasteiger partial charge in [-0.25, -0.2) is 10.0 Å². The maximum Gasteiger partial charge on any atom is 0.280 e. The van der Waals surface area contributed by atoms with E-state index in [9.17, 15) is 9.59 Å². The lowest BCUT2D eigenvalue weighted by Gasteiger charge is -2.19. The third kappa shape index (κ3) is 8.80. The molecule has 0 spiro atoms. The predicted molar refractivity (Wildman–Crippen MR) is 192 cm³/mol. The van der Waals surface area contributed by atoms with E-state index >= 15 is 0 Å². The molecule has 1 saturated heterocycles. The van der Waals surface area contributed by atoms with Crippen molar-refractivity contribution in [3.8, 4) is 17.2 Å². The van der Waals surface area contributed by atoms with Crippen LogP contribution in [0.25, 0.3) is 0 Å². The van der Waals surface area contributed by atoms with E-state index in [1.54, 1.807) is 55.6 Å². The van der Waals surface area contributed by atoms with E-state index in [-0.39, 0.29) is 34.2 Å². The SMILES string of the molecule is CCC(Oc1ccc(C)cc1C)C(=O)Nc1cccc(OC/N=C2/NN(c3c(Cl)cc(Cl)cc3Cl)C(=O)C2N=Nc2ccc(OC)cc2)c1. The molecule has 1 heterocycles. The normalized spacial score (nSPS) is 15.7. The quantitative estimate of drug-likeness (QED) is 0.141. The van der Waals surface area contributed by atoms with E-state index in [0.29, 0.717) is 40.1 Å². The van der Waals surface area contributed by atoms with Gasteiger partial charge in [-0.2, -0.15) is 10.2 Å². The zero-order chi connectivity index (χ0) is 35.1. The maximum atomic E-state index is 13.6. The third-order valence-corrected chi connectivity index (χ3v) is 8.13. The highest BCUT2D eigenvalue weighted by molar-refractivity contribution is 6.43. The summed E-state index contributed by atoms with van der Waals surface area (Å²) in [6, 6.07) is 21.3. The van der Waals surface area contributed by atoms with Gasteiger partial charge in [0.25, 0.3) is 11.8 Å². The van der Waals surface area contributed by atoms with Crippen LogP contribution in [0.15, 0.2) is 94.1 Å². The molecule has 2 N–H and O–H groups in total. The molecule has 0 radical (unpaired) electrons. The Labute approximate surface area is 298 Å². The number of hydrogen-bond acceptors (Lipinski definition) is 8. The van der Waals surface area contributed by atoms with E-state index in [4.69, 9.17) is 49.0 Å². The van der Waals surface area contributed by atoms with Crippen LogP contribution >= 0.6 is 34.8 Å². The molecular weight excluding hydrogens is 691 g/mol. The van der Waals surface area contributed by atoms with Crippen LogP contribution < -0.4 is 30.0 Å². The second kappa shape index (κ2) is 16.0. The summed E-state index contributed by atoms with van der Waals surface area (Å²) >= 11 is 18.9. The third-order valence-electron chi connectivity index (χ3n) is 7.34. The van der Waals surface area contributed by atoms with Gasteiger partial charge in [0.05, 0.1) is 22.8 Å². The number of halogens is 3. The first-order valence-corrected chi connectivity index (χ1v) is 16.3. The van der Waals surface area contributed by atoms with Gasteiger partial charge in [-0.05, 0) is 80.4 Å². The largest absolute Gasteiger partial charge is 0.497 e. The number of nitrogens with one attached hydrogen (secondary N) is 2. The minimum absolute atomic E-state index is 0.142. The highest BCUT2D eigenvalue weighted by atomic mass is 35.5. The number of carbonyl (C=O) groups excluding carboxylic acids is 2. The first-order valence-electron chi connectivity index (χ1n) is 15.2. The smallest absolute Gasteiger partial charge is 0.280 e. The summed E-state index contributed by atoms with van der Waals surface area (Å²) in [5.41, 5.74) is 6.18. The summed E-state index contributed by atoms with van der Waals surface area (Å²) in [7, 11) is 1.56. The summed E-state index contributed by atoms with van der Waals surface area (Å²) < 4.78 is 17.1. The summed E-state index contributed by atoms with van der Waals surface area (Å²) in [6.45, 7) is 5.62. The molecule has 1 aliphatic rings. The van der Waals surface area contributed by atoms with Gasteiger partial charge in [-0.1, -0.05) is 65.5 Å². The van der Waals surface area contributed by atoms with Crippen LogP contribution in [0.5, 0.6) is 17.2 Å². The molecule has 2 amide bonds. The van der Waals surface area contributed by atoms with Crippen molar-refractivity contribution < 1.29 is 23.8 Å². The second-order valence-corrected chi connectivity index (χ2v) is 12.2. The molecule has 254 valence electrons. The second-order valence-electron chi connectivity index (χ2n) is 10.9. The number of anilines is 2. The predicted octanol–water partition coefficient (Wildman–Crippen LogP) is 8.51. The molecule has 0 aliphatic carbocycles. The zero-order valence-corrected chi connectivity index (χ0v) is 29.3. The molecular formula is C35H33Cl3N6O5. The van der Waals surface area contributed by atoms with Gasteiger partial charge in [0.15, 0.2) is 18.7 Å². The van der Waals surface area contributed by atoms with E-state index in [0.717, 1.165) is 16.1 Å². The molecule has 4 aromatic carbocycles. The van der Waals surface area contributed by atoms with E-state index < -0.39 is 18.1 Å². The van der Waals surface area contributed by atoms with Crippen LogP contribution in [-0.2, 0) is 9.59 Å². The summed E-state index contributed by atoms with van der Waals surface area (Å²) in [6.07, 6.45) is -0.225. The van der Waals surface area contributed by atoms with Crippen molar-refractivity contribution in [2.75, 3.05) is 24.2 Å².